The number of rotatable bonds is 7. The summed E-state index contributed by atoms with van der Waals surface area (Å²) in [5.74, 6) is 1.01. The zero-order valence-electron chi connectivity index (χ0n) is 19.4. The third kappa shape index (κ3) is 4.66. The fourth-order valence-electron chi connectivity index (χ4n) is 4.39. The van der Waals surface area contributed by atoms with Crippen molar-refractivity contribution in [2.24, 2.45) is 0 Å². The van der Waals surface area contributed by atoms with Gasteiger partial charge in [0.1, 0.15) is 5.82 Å². The second-order valence-electron chi connectivity index (χ2n) is 8.42. The zero-order valence-corrected chi connectivity index (χ0v) is 20.2. The topological polar surface area (TPSA) is 82.7 Å². The summed E-state index contributed by atoms with van der Waals surface area (Å²) >= 11 is 1.12. The van der Waals surface area contributed by atoms with E-state index in [4.69, 9.17) is 4.98 Å². The number of aromatic nitrogens is 2. The Bertz CT molecular complexity index is 1470. The summed E-state index contributed by atoms with van der Waals surface area (Å²) in [6.07, 6.45) is 2.98. The average molecular weight is 480 g/mol. The molecule has 0 saturated heterocycles. The number of fused-ring (bicyclic) bond motifs is 1. The lowest BCUT2D eigenvalue weighted by Gasteiger charge is -2.17. The van der Waals surface area contributed by atoms with E-state index in [9.17, 15) is 10.1 Å². The van der Waals surface area contributed by atoms with Gasteiger partial charge in [0.05, 0.1) is 34.9 Å². The van der Waals surface area contributed by atoms with Gasteiger partial charge in [-0.1, -0.05) is 61.9 Å². The number of amides is 1. The number of benzene rings is 3. The van der Waals surface area contributed by atoms with Crippen LogP contribution in [0.25, 0.3) is 27.9 Å². The van der Waals surface area contributed by atoms with Gasteiger partial charge in [0.2, 0.25) is 0 Å². The third-order valence-electron chi connectivity index (χ3n) is 6.17. The van der Waals surface area contributed by atoms with Crippen LogP contribution in [0, 0.1) is 11.3 Å². The van der Waals surface area contributed by atoms with Crippen LogP contribution >= 0.6 is 11.8 Å². The SMILES string of the molecule is CCCCc1nc2cc(C3=CSC(=O)NN3)ccc2n1Cc1c(C#N)cccc1-c1ccccc1. The van der Waals surface area contributed by atoms with E-state index in [1.807, 2.05) is 47.9 Å². The van der Waals surface area contributed by atoms with Crippen LogP contribution in [0.2, 0.25) is 0 Å². The fourth-order valence-corrected chi connectivity index (χ4v) is 4.92. The quantitative estimate of drug-likeness (QED) is 0.329. The second-order valence-corrected chi connectivity index (χ2v) is 9.26. The van der Waals surface area contributed by atoms with Crippen LogP contribution in [0.3, 0.4) is 0 Å². The number of carbonyl (C=O) groups excluding carboxylic acids is 1. The minimum Gasteiger partial charge on any atom is -0.323 e. The van der Waals surface area contributed by atoms with Crippen molar-refractivity contribution in [1.29, 1.82) is 5.26 Å². The summed E-state index contributed by atoms with van der Waals surface area (Å²) in [4.78, 5) is 16.5. The van der Waals surface area contributed by atoms with Gasteiger partial charge in [-0.25, -0.2) is 4.98 Å². The molecule has 0 radical (unpaired) electrons. The van der Waals surface area contributed by atoms with Crippen molar-refractivity contribution < 1.29 is 4.79 Å². The Labute approximate surface area is 208 Å². The second kappa shape index (κ2) is 10.1. The van der Waals surface area contributed by atoms with E-state index in [0.29, 0.717) is 12.1 Å². The number of hydrazine groups is 1. The molecule has 1 aliphatic rings. The summed E-state index contributed by atoms with van der Waals surface area (Å²) in [6.45, 7) is 2.74. The largest absolute Gasteiger partial charge is 0.323 e. The number of carbonyl (C=O) groups is 1. The van der Waals surface area contributed by atoms with Crippen LogP contribution in [-0.4, -0.2) is 14.8 Å². The Morgan fingerprint density at radius 1 is 1.03 bits per heavy atom. The van der Waals surface area contributed by atoms with E-state index < -0.39 is 0 Å². The van der Waals surface area contributed by atoms with Crippen molar-refractivity contribution in [2.75, 3.05) is 0 Å². The van der Waals surface area contributed by atoms with Crippen molar-refractivity contribution in [2.45, 2.75) is 32.7 Å². The van der Waals surface area contributed by atoms with Crippen LogP contribution in [0.4, 0.5) is 4.79 Å². The lowest BCUT2D eigenvalue weighted by Crippen LogP contribution is -2.35. The normalized spacial score (nSPS) is 13.1. The average Bonchev–Trinajstić information content (AvgIpc) is 3.24. The maximum absolute atomic E-state index is 11.5. The molecule has 0 aliphatic carbocycles. The standard InChI is InChI=1S/C28H25N5OS/c1-2-3-12-27-30-24-15-20(25-18-35-28(34)32-31-25)13-14-26(24)33(27)17-23-21(16-29)10-7-11-22(23)19-8-5-4-6-9-19/h4-11,13-15,18,31H,2-3,12,17H2,1H3,(H,32,34). The smallest absolute Gasteiger partial charge is 0.301 e. The number of nitrogens with one attached hydrogen (secondary N) is 2. The molecule has 1 aromatic heterocycles. The Hall–Kier alpha value is -4.02. The van der Waals surface area contributed by atoms with Crippen molar-refractivity contribution in [3.8, 4) is 17.2 Å². The van der Waals surface area contributed by atoms with Gasteiger partial charge in [-0.05, 0) is 53.1 Å². The Morgan fingerprint density at radius 3 is 2.63 bits per heavy atom. The predicted molar refractivity (Wildman–Crippen MR) is 141 cm³/mol. The molecule has 1 aliphatic heterocycles. The molecule has 0 atom stereocenters. The summed E-state index contributed by atoms with van der Waals surface area (Å²) in [5.41, 5.74) is 13.1. The molecule has 35 heavy (non-hydrogen) atoms. The lowest BCUT2D eigenvalue weighted by atomic mass is 9.95. The molecule has 0 saturated carbocycles. The number of hydrogen-bond acceptors (Lipinski definition) is 5. The molecule has 0 bridgehead atoms. The van der Waals surface area contributed by atoms with Crippen LogP contribution in [0.5, 0.6) is 0 Å². The van der Waals surface area contributed by atoms with E-state index in [2.05, 4.69) is 52.7 Å². The first-order chi connectivity index (χ1) is 17.2. The zero-order chi connectivity index (χ0) is 24.2. The highest BCUT2D eigenvalue weighted by molar-refractivity contribution is 8.16. The Kier molecular flexibility index (Phi) is 6.55. The van der Waals surface area contributed by atoms with Crippen molar-refractivity contribution in [1.82, 2.24) is 20.4 Å². The monoisotopic (exact) mass is 479 g/mol. The maximum atomic E-state index is 11.5. The molecular weight excluding hydrogens is 454 g/mol. The lowest BCUT2D eigenvalue weighted by molar-refractivity contribution is 0.259. The summed E-state index contributed by atoms with van der Waals surface area (Å²) in [5, 5.41) is 11.6. The molecule has 6 nitrogen and oxygen atoms in total. The van der Waals surface area contributed by atoms with Gasteiger partial charge in [-0.3, -0.25) is 15.6 Å². The first-order valence-electron chi connectivity index (χ1n) is 11.7. The van der Waals surface area contributed by atoms with Crippen molar-refractivity contribution >= 4 is 33.7 Å². The van der Waals surface area contributed by atoms with Gasteiger partial charge in [-0.2, -0.15) is 5.26 Å². The first kappa shape index (κ1) is 22.8. The first-order valence-corrected chi connectivity index (χ1v) is 12.6. The minimum atomic E-state index is -0.133. The van der Waals surface area contributed by atoms with E-state index in [1.54, 1.807) is 0 Å². The van der Waals surface area contributed by atoms with Gasteiger partial charge in [0.25, 0.3) is 0 Å². The molecule has 4 aromatic rings. The third-order valence-corrected chi connectivity index (χ3v) is 6.84. The number of hydrogen-bond donors (Lipinski definition) is 2. The number of imidazole rings is 1. The maximum Gasteiger partial charge on any atom is 0.301 e. The van der Waals surface area contributed by atoms with Gasteiger partial charge in [-0.15, -0.1) is 0 Å². The molecule has 2 heterocycles. The van der Waals surface area contributed by atoms with Gasteiger partial charge < -0.3 is 4.57 Å². The number of thioether (sulfide) groups is 1. The summed E-state index contributed by atoms with van der Waals surface area (Å²) < 4.78 is 2.25. The fraction of sp³-hybridized carbons (Fsp3) is 0.179. The van der Waals surface area contributed by atoms with E-state index >= 15 is 0 Å². The van der Waals surface area contributed by atoms with Crippen LogP contribution in [0.1, 0.15) is 42.3 Å². The van der Waals surface area contributed by atoms with Crippen LogP contribution < -0.4 is 10.9 Å². The van der Waals surface area contributed by atoms with Crippen LogP contribution in [0.15, 0.2) is 72.1 Å². The highest BCUT2D eigenvalue weighted by Crippen LogP contribution is 2.30. The van der Waals surface area contributed by atoms with Crippen molar-refractivity contribution in [3.63, 3.8) is 0 Å². The molecule has 2 N–H and O–H groups in total. The van der Waals surface area contributed by atoms with E-state index in [-0.39, 0.29) is 5.24 Å². The van der Waals surface area contributed by atoms with Gasteiger partial charge >= 0.3 is 5.24 Å². The highest BCUT2D eigenvalue weighted by Gasteiger charge is 2.18. The number of aryl methyl sites for hydroxylation is 1. The van der Waals surface area contributed by atoms with E-state index in [0.717, 1.165) is 75.8 Å². The molecule has 1 amide bonds. The molecule has 5 rings (SSSR count). The van der Waals surface area contributed by atoms with E-state index in [1.165, 1.54) is 0 Å². The molecule has 3 aromatic carbocycles. The Morgan fingerprint density at radius 2 is 1.89 bits per heavy atom. The summed E-state index contributed by atoms with van der Waals surface area (Å²) in [7, 11) is 0. The summed E-state index contributed by atoms with van der Waals surface area (Å²) in [6, 6.07) is 24.7. The number of nitriles is 1. The van der Waals surface area contributed by atoms with Crippen molar-refractivity contribution in [3.05, 3.63) is 94.7 Å². The number of unbranched alkanes of at least 4 members (excludes halogenated alkanes) is 1. The molecular formula is C28H25N5OS. The molecule has 0 fully saturated rings. The number of nitrogens with zero attached hydrogens (tertiary/aromatic N) is 3. The minimum absolute atomic E-state index is 0.133. The molecule has 0 spiro atoms. The van der Waals surface area contributed by atoms with Gasteiger partial charge in [0, 0.05) is 17.4 Å². The predicted octanol–water partition coefficient (Wildman–Crippen LogP) is 6.23. The van der Waals surface area contributed by atoms with Crippen LogP contribution in [-0.2, 0) is 13.0 Å². The molecule has 174 valence electrons. The molecule has 0 unspecified atom stereocenters. The van der Waals surface area contributed by atoms with Gasteiger partial charge in [0.15, 0.2) is 0 Å². The Balaban J connectivity index is 1.61. The molecule has 7 heteroatoms. The highest BCUT2D eigenvalue weighted by atomic mass is 32.2.